The molecule has 1 aromatic rings. The van der Waals surface area contributed by atoms with Gasteiger partial charge in [0, 0.05) is 18.5 Å². The summed E-state index contributed by atoms with van der Waals surface area (Å²) < 4.78 is 0. The van der Waals surface area contributed by atoms with Crippen molar-refractivity contribution in [3.05, 3.63) is 16.5 Å². The third kappa shape index (κ3) is 3.82. The van der Waals surface area contributed by atoms with E-state index in [2.05, 4.69) is 15.3 Å². The van der Waals surface area contributed by atoms with Gasteiger partial charge in [-0.3, -0.25) is 0 Å². The summed E-state index contributed by atoms with van der Waals surface area (Å²) in [6.45, 7) is 8.27. The fraction of sp³-hybridized carbons (Fsp3) is 0.667. The van der Waals surface area contributed by atoms with Gasteiger partial charge in [0.25, 0.3) is 0 Å². The van der Waals surface area contributed by atoms with Gasteiger partial charge in [-0.1, -0.05) is 32.4 Å². The Morgan fingerprint density at radius 2 is 2.00 bits per heavy atom. The van der Waals surface area contributed by atoms with Crippen molar-refractivity contribution in [2.75, 3.05) is 11.9 Å². The fourth-order valence-electron chi connectivity index (χ4n) is 1.30. The number of aromatic nitrogens is 2. The average Bonchev–Trinajstić information content (AvgIpc) is 2.30. The molecule has 0 saturated heterocycles. The first-order chi connectivity index (χ1) is 7.95. The minimum Gasteiger partial charge on any atom is -0.391 e. The lowest BCUT2D eigenvalue weighted by Gasteiger charge is -2.17. The van der Waals surface area contributed by atoms with Gasteiger partial charge in [-0.25, -0.2) is 9.97 Å². The first-order valence-corrected chi connectivity index (χ1v) is 6.28. The molecule has 0 saturated carbocycles. The van der Waals surface area contributed by atoms with E-state index in [9.17, 15) is 5.11 Å². The highest BCUT2D eigenvalue weighted by atomic mass is 35.5. The van der Waals surface area contributed by atoms with Gasteiger partial charge in [-0.05, 0) is 12.8 Å². The number of aliphatic hydroxyl groups is 1. The lowest BCUT2D eigenvalue weighted by atomic mass is 10.1. The Labute approximate surface area is 107 Å². The van der Waals surface area contributed by atoms with Crippen molar-refractivity contribution in [3.8, 4) is 0 Å². The van der Waals surface area contributed by atoms with Crippen LogP contribution in [0.5, 0.6) is 0 Å². The first-order valence-electron chi connectivity index (χ1n) is 5.90. The van der Waals surface area contributed by atoms with E-state index in [4.69, 9.17) is 11.6 Å². The Hall–Kier alpha value is -0.870. The number of halogens is 1. The second-order valence-corrected chi connectivity index (χ2v) is 4.81. The zero-order valence-corrected chi connectivity index (χ0v) is 11.5. The van der Waals surface area contributed by atoms with E-state index in [-0.39, 0.29) is 5.92 Å². The normalized spacial score (nSPS) is 12.9. The average molecular weight is 258 g/mol. The molecule has 1 atom stereocenters. The maximum absolute atomic E-state index is 9.74. The third-order valence-electron chi connectivity index (χ3n) is 2.70. The highest BCUT2D eigenvalue weighted by molar-refractivity contribution is 6.30. The predicted molar refractivity (Wildman–Crippen MR) is 70.5 cm³/mol. The molecule has 0 radical (unpaired) electrons. The SMILES string of the molecule is CCc1nc(Cl)c(C)c(NCC(O)C(C)C)n1. The predicted octanol–water partition coefficient (Wildman–Crippen LogP) is 2.43. The molecule has 2 N–H and O–H groups in total. The van der Waals surface area contributed by atoms with Crippen molar-refractivity contribution in [2.24, 2.45) is 5.92 Å². The van der Waals surface area contributed by atoms with E-state index in [1.165, 1.54) is 0 Å². The lowest BCUT2D eigenvalue weighted by molar-refractivity contribution is 0.138. The summed E-state index contributed by atoms with van der Waals surface area (Å²) in [7, 11) is 0. The Balaban J connectivity index is 2.80. The maximum Gasteiger partial charge on any atom is 0.137 e. The smallest absolute Gasteiger partial charge is 0.137 e. The van der Waals surface area contributed by atoms with Crippen LogP contribution in [0.1, 0.15) is 32.2 Å². The monoisotopic (exact) mass is 257 g/mol. The van der Waals surface area contributed by atoms with Gasteiger partial charge in [0.15, 0.2) is 0 Å². The first kappa shape index (κ1) is 14.2. The molecule has 1 aromatic heterocycles. The van der Waals surface area contributed by atoms with Crippen LogP contribution in [0.25, 0.3) is 0 Å². The molecule has 0 aromatic carbocycles. The molecule has 5 heteroatoms. The van der Waals surface area contributed by atoms with Crippen molar-refractivity contribution in [1.82, 2.24) is 9.97 Å². The van der Waals surface area contributed by atoms with Gasteiger partial charge >= 0.3 is 0 Å². The Morgan fingerprint density at radius 1 is 1.35 bits per heavy atom. The van der Waals surface area contributed by atoms with Gasteiger partial charge in [-0.2, -0.15) is 0 Å². The second-order valence-electron chi connectivity index (χ2n) is 4.45. The number of hydrogen-bond donors (Lipinski definition) is 2. The quantitative estimate of drug-likeness (QED) is 0.796. The molecule has 1 unspecified atom stereocenters. The van der Waals surface area contributed by atoms with Crippen LogP contribution in [0, 0.1) is 12.8 Å². The van der Waals surface area contributed by atoms with Gasteiger partial charge in [0.05, 0.1) is 6.10 Å². The van der Waals surface area contributed by atoms with E-state index in [1.54, 1.807) is 0 Å². The summed E-state index contributed by atoms with van der Waals surface area (Å²) >= 11 is 6.02. The van der Waals surface area contributed by atoms with Crippen LogP contribution in [0.15, 0.2) is 0 Å². The minimum absolute atomic E-state index is 0.214. The molecule has 4 nitrogen and oxygen atoms in total. The number of aliphatic hydroxyl groups excluding tert-OH is 1. The van der Waals surface area contributed by atoms with Crippen LogP contribution in [-0.4, -0.2) is 27.7 Å². The number of anilines is 1. The van der Waals surface area contributed by atoms with Crippen molar-refractivity contribution in [2.45, 2.75) is 40.2 Å². The lowest BCUT2D eigenvalue weighted by Crippen LogP contribution is -2.25. The molecule has 0 aliphatic carbocycles. The van der Waals surface area contributed by atoms with E-state index in [1.807, 2.05) is 27.7 Å². The molecule has 0 spiro atoms. The number of nitrogens with one attached hydrogen (secondary N) is 1. The van der Waals surface area contributed by atoms with Crippen LogP contribution in [0.4, 0.5) is 5.82 Å². The van der Waals surface area contributed by atoms with Crippen molar-refractivity contribution in [3.63, 3.8) is 0 Å². The van der Waals surface area contributed by atoms with Crippen LogP contribution in [0.3, 0.4) is 0 Å². The van der Waals surface area contributed by atoms with Crippen molar-refractivity contribution in [1.29, 1.82) is 0 Å². The topological polar surface area (TPSA) is 58.0 Å². The minimum atomic E-state index is -0.395. The van der Waals surface area contributed by atoms with Crippen molar-refractivity contribution < 1.29 is 5.11 Å². The molecule has 1 rings (SSSR count). The zero-order chi connectivity index (χ0) is 13.0. The number of hydrogen-bond acceptors (Lipinski definition) is 4. The third-order valence-corrected chi connectivity index (χ3v) is 3.07. The molecular formula is C12H20ClN3O. The van der Waals surface area contributed by atoms with E-state index in [0.717, 1.165) is 12.0 Å². The Kier molecular flexibility index (Phi) is 5.15. The highest BCUT2D eigenvalue weighted by Crippen LogP contribution is 2.20. The van der Waals surface area contributed by atoms with Gasteiger partial charge < -0.3 is 10.4 Å². The standard InChI is InChI=1S/C12H20ClN3O/c1-5-10-15-11(13)8(4)12(16-10)14-6-9(17)7(2)3/h7,9,17H,5-6H2,1-4H3,(H,14,15,16). The molecule has 17 heavy (non-hydrogen) atoms. The molecule has 0 amide bonds. The van der Waals surface area contributed by atoms with Gasteiger partial charge in [0.1, 0.15) is 16.8 Å². The second kappa shape index (κ2) is 6.17. The van der Waals surface area contributed by atoms with Crippen molar-refractivity contribution >= 4 is 17.4 Å². The number of aryl methyl sites for hydroxylation is 1. The molecule has 0 aliphatic heterocycles. The van der Waals surface area contributed by atoms with Crippen LogP contribution < -0.4 is 5.32 Å². The summed E-state index contributed by atoms with van der Waals surface area (Å²) in [5.74, 6) is 1.63. The summed E-state index contributed by atoms with van der Waals surface area (Å²) in [6.07, 6.45) is 0.342. The summed E-state index contributed by atoms with van der Waals surface area (Å²) in [5.41, 5.74) is 0.819. The fourth-order valence-corrected chi connectivity index (χ4v) is 1.49. The Bertz CT molecular complexity index is 382. The summed E-state index contributed by atoms with van der Waals surface area (Å²) in [6, 6.07) is 0. The zero-order valence-electron chi connectivity index (χ0n) is 10.8. The van der Waals surface area contributed by atoms with Crippen LogP contribution >= 0.6 is 11.6 Å². The van der Waals surface area contributed by atoms with E-state index >= 15 is 0 Å². The number of nitrogens with zero attached hydrogens (tertiary/aromatic N) is 2. The molecule has 96 valence electrons. The number of rotatable bonds is 5. The van der Waals surface area contributed by atoms with E-state index < -0.39 is 6.10 Å². The van der Waals surface area contributed by atoms with Gasteiger partial charge in [0.2, 0.25) is 0 Å². The largest absolute Gasteiger partial charge is 0.391 e. The molecule has 0 aliphatic rings. The van der Waals surface area contributed by atoms with Crippen LogP contribution in [0.2, 0.25) is 5.15 Å². The molecule has 0 fully saturated rings. The molecular weight excluding hydrogens is 238 g/mol. The Morgan fingerprint density at radius 3 is 2.53 bits per heavy atom. The summed E-state index contributed by atoms with van der Waals surface area (Å²) in [5, 5.41) is 13.3. The maximum atomic E-state index is 9.74. The molecule has 1 heterocycles. The summed E-state index contributed by atoms with van der Waals surface area (Å²) in [4.78, 5) is 8.53. The van der Waals surface area contributed by atoms with Gasteiger partial charge in [-0.15, -0.1) is 0 Å². The highest BCUT2D eigenvalue weighted by Gasteiger charge is 2.12. The van der Waals surface area contributed by atoms with Crippen LogP contribution in [-0.2, 0) is 6.42 Å². The molecule has 0 bridgehead atoms. The van der Waals surface area contributed by atoms with E-state index in [0.29, 0.717) is 23.3 Å².